The van der Waals surface area contributed by atoms with E-state index in [1.165, 1.54) is 33.8 Å². The van der Waals surface area contributed by atoms with Crippen LogP contribution in [0.15, 0.2) is 47.4 Å². The fraction of sp³-hybridized carbons (Fsp3) is 0.286. The van der Waals surface area contributed by atoms with Crippen LogP contribution in [-0.4, -0.2) is 31.1 Å². The fourth-order valence-corrected chi connectivity index (χ4v) is 5.91. The van der Waals surface area contributed by atoms with Gasteiger partial charge in [-0.2, -0.15) is 0 Å². The third-order valence-corrected chi connectivity index (χ3v) is 8.27. The van der Waals surface area contributed by atoms with Crippen LogP contribution in [0.5, 0.6) is 0 Å². The van der Waals surface area contributed by atoms with Gasteiger partial charge in [-0.1, -0.05) is 55.0 Å². The van der Waals surface area contributed by atoms with E-state index in [9.17, 15) is 13.2 Å². The number of benzene rings is 2. The maximum atomic E-state index is 13.4. The van der Waals surface area contributed by atoms with Crippen LogP contribution in [-0.2, 0) is 16.4 Å². The molecule has 0 saturated heterocycles. The number of carbonyl (C=O) groups excluding carboxylic acids is 1. The van der Waals surface area contributed by atoms with Crippen LogP contribution in [0.25, 0.3) is 0 Å². The van der Waals surface area contributed by atoms with Crippen LogP contribution in [0.4, 0.5) is 10.8 Å². The quantitative estimate of drug-likeness (QED) is 0.575. The third kappa shape index (κ3) is 4.30. The first-order valence-corrected chi connectivity index (χ1v) is 12.5. The van der Waals surface area contributed by atoms with Gasteiger partial charge in [-0.3, -0.25) is 14.4 Å². The molecule has 0 atom stereocenters. The Balaban J connectivity index is 1.65. The maximum absolute atomic E-state index is 13.4. The molecule has 2 aromatic carbocycles. The molecule has 1 amide bonds. The van der Waals surface area contributed by atoms with Gasteiger partial charge in [0.25, 0.3) is 15.9 Å². The van der Waals surface area contributed by atoms with Gasteiger partial charge in [-0.05, 0) is 42.7 Å². The van der Waals surface area contributed by atoms with Gasteiger partial charge in [-0.25, -0.2) is 8.42 Å². The third-order valence-electron chi connectivity index (χ3n) is 4.99. The average Bonchev–Trinajstić information content (AvgIpc) is 3.22. The highest BCUT2D eigenvalue weighted by Gasteiger charge is 2.30. The molecule has 1 aliphatic rings. The Labute approximate surface area is 190 Å². The van der Waals surface area contributed by atoms with E-state index >= 15 is 0 Å². The molecule has 1 aliphatic heterocycles. The molecular weight excluding hydrogens is 456 g/mol. The van der Waals surface area contributed by atoms with Crippen molar-refractivity contribution in [3.05, 3.63) is 63.6 Å². The zero-order valence-electron chi connectivity index (χ0n) is 17.0. The Bertz CT molecular complexity index is 1240. The van der Waals surface area contributed by atoms with Gasteiger partial charge < -0.3 is 0 Å². The van der Waals surface area contributed by atoms with Crippen molar-refractivity contribution >= 4 is 49.7 Å². The summed E-state index contributed by atoms with van der Waals surface area (Å²) in [6.07, 6.45) is 1.56. The maximum Gasteiger partial charge on any atom is 0.264 e. The molecule has 1 N–H and O–H groups in total. The number of rotatable bonds is 5. The zero-order valence-corrected chi connectivity index (χ0v) is 19.4. The minimum atomic E-state index is -3.86. The number of hydrogen-bond acceptors (Lipinski definition) is 6. The first kappa shape index (κ1) is 21.7. The largest absolute Gasteiger partial charge is 0.296 e. The summed E-state index contributed by atoms with van der Waals surface area (Å²) in [6.45, 7) is 4.35. The molecule has 0 spiro atoms. The Morgan fingerprint density at radius 3 is 2.71 bits per heavy atom. The number of sulfonamides is 1. The SMILES string of the molecule is CC(C)c1nnc(NC(=O)c2cc(S(=O)(=O)N3CCCc4ccccc43)ccc2Cl)s1. The smallest absolute Gasteiger partial charge is 0.264 e. The molecule has 0 radical (unpaired) electrons. The lowest BCUT2D eigenvalue weighted by atomic mass is 10.0. The molecule has 162 valence electrons. The van der Waals surface area contributed by atoms with Gasteiger partial charge in [0.05, 0.1) is 21.2 Å². The summed E-state index contributed by atoms with van der Waals surface area (Å²) in [4.78, 5) is 12.8. The minimum absolute atomic E-state index is 0.0129. The van der Waals surface area contributed by atoms with Gasteiger partial charge in [0.1, 0.15) is 5.01 Å². The van der Waals surface area contributed by atoms with Gasteiger partial charge >= 0.3 is 0 Å². The highest BCUT2D eigenvalue weighted by molar-refractivity contribution is 7.92. The van der Waals surface area contributed by atoms with E-state index in [0.717, 1.165) is 23.4 Å². The van der Waals surface area contributed by atoms with Crippen LogP contribution < -0.4 is 9.62 Å². The highest BCUT2D eigenvalue weighted by atomic mass is 35.5. The van der Waals surface area contributed by atoms with Crippen molar-refractivity contribution in [2.24, 2.45) is 0 Å². The second kappa shape index (κ2) is 8.57. The topological polar surface area (TPSA) is 92.3 Å². The van der Waals surface area contributed by atoms with E-state index in [-0.39, 0.29) is 21.4 Å². The van der Waals surface area contributed by atoms with E-state index in [1.807, 2.05) is 32.0 Å². The van der Waals surface area contributed by atoms with Crippen LogP contribution in [0.2, 0.25) is 5.02 Å². The molecule has 4 rings (SSSR count). The number of fused-ring (bicyclic) bond motifs is 1. The van der Waals surface area contributed by atoms with E-state index < -0.39 is 15.9 Å². The van der Waals surface area contributed by atoms with Crippen LogP contribution in [0.1, 0.15) is 47.1 Å². The second-order valence-corrected chi connectivity index (χ2v) is 10.8. The van der Waals surface area contributed by atoms with Gasteiger partial charge in [0, 0.05) is 12.5 Å². The van der Waals surface area contributed by atoms with Crippen LogP contribution in [0.3, 0.4) is 0 Å². The van der Waals surface area contributed by atoms with Crippen molar-refractivity contribution in [3.63, 3.8) is 0 Å². The highest BCUT2D eigenvalue weighted by Crippen LogP contribution is 2.33. The number of para-hydroxylation sites is 1. The summed E-state index contributed by atoms with van der Waals surface area (Å²) in [5.74, 6) is -0.347. The Hall–Kier alpha value is -2.49. The number of nitrogens with zero attached hydrogens (tertiary/aromatic N) is 3. The molecule has 3 aromatic rings. The van der Waals surface area contributed by atoms with Crippen LogP contribution in [0, 0.1) is 0 Å². The van der Waals surface area contributed by atoms with Crippen molar-refractivity contribution in [2.75, 3.05) is 16.2 Å². The Morgan fingerprint density at radius 2 is 1.97 bits per heavy atom. The molecule has 10 heteroatoms. The fourth-order valence-electron chi connectivity index (χ4n) is 3.40. The molecule has 1 aromatic heterocycles. The van der Waals surface area contributed by atoms with Gasteiger partial charge in [0.15, 0.2) is 0 Å². The number of anilines is 2. The average molecular weight is 477 g/mol. The first-order valence-electron chi connectivity index (χ1n) is 9.82. The summed E-state index contributed by atoms with van der Waals surface area (Å²) in [6, 6.07) is 11.6. The lowest BCUT2D eigenvalue weighted by molar-refractivity contribution is 0.102. The number of nitrogens with one attached hydrogen (secondary N) is 1. The normalized spacial score (nSPS) is 13.9. The molecule has 31 heavy (non-hydrogen) atoms. The van der Waals surface area contributed by atoms with E-state index in [4.69, 9.17) is 11.6 Å². The van der Waals surface area contributed by atoms with E-state index in [0.29, 0.717) is 17.4 Å². The number of amides is 1. The lowest BCUT2D eigenvalue weighted by Gasteiger charge is -2.30. The molecule has 0 fully saturated rings. The summed E-state index contributed by atoms with van der Waals surface area (Å²) in [7, 11) is -3.86. The molecule has 2 heterocycles. The van der Waals surface area contributed by atoms with Gasteiger partial charge in [0.2, 0.25) is 5.13 Å². The summed E-state index contributed by atoms with van der Waals surface area (Å²) >= 11 is 7.50. The summed E-state index contributed by atoms with van der Waals surface area (Å²) in [5.41, 5.74) is 1.72. The number of carbonyl (C=O) groups is 1. The summed E-state index contributed by atoms with van der Waals surface area (Å²) in [5, 5.41) is 12.0. The minimum Gasteiger partial charge on any atom is -0.296 e. The first-order chi connectivity index (χ1) is 14.8. The summed E-state index contributed by atoms with van der Waals surface area (Å²) < 4.78 is 28.2. The molecule has 7 nitrogen and oxygen atoms in total. The Kier molecular flexibility index (Phi) is 6.00. The van der Waals surface area contributed by atoms with Crippen molar-refractivity contribution in [3.8, 4) is 0 Å². The molecular formula is C21H21ClN4O3S2. The second-order valence-electron chi connectivity index (χ2n) is 7.51. The van der Waals surface area contributed by atoms with Gasteiger partial charge in [-0.15, -0.1) is 10.2 Å². The van der Waals surface area contributed by atoms with Crippen molar-refractivity contribution in [2.45, 2.75) is 37.5 Å². The van der Waals surface area contributed by atoms with E-state index in [2.05, 4.69) is 15.5 Å². The molecule has 0 unspecified atom stereocenters. The van der Waals surface area contributed by atoms with Crippen molar-refractivity contribution in [1.82, 2.24) is 10.2 Å². The number of halogens is 1. The molecule has 0 saturated carbocycles. The Morgan fingerprint density at radius 1 is 1.19 bits per heavy atom. The number of aromatic nitrogens is 2. The monoisotopic (exact) mass is 476 g/mol. The van der Waals surface area contributed by atoms with Crippen molar-refractivity contribution < 1.29 is 13.2 Å². The van der Waals surface area contributed by atoms with E-state index in [1.54, 1.807) is 6.07 Å². The lowest BCUT2D eigenvalue weighted by Crippen LogP contribution is -2.35. The predicted molar refractivity (Wildman–Crippen MR) is 123 cm³/mol. The number of aryl methyl sites for hydroxylation is 1. The molecule has 0 bridgehead atoms. The zero-order chi connectivity index (χ0) is 22.2. The standard InChI is InChI=1S/C21H21ClN4O3S2/c1-13(2)20-24-25-21(30-20)23-19(27)16-12-15(9-10-17(16)22)31(28,29)26-11-5-7-14-6-3-4-8-18(14)26/h3-4,6,8-10,12-13H,5,7,11H2,1-2H3,(H,23,25,27). The predicted octanol–water partition coefficient (Wildman–Crippen LogP) is 4.71. The molecule has 0 aliphatic carbocycles. The van der Waals surface area contributed by atoms with Crippen molar-refractivity contribution in [1.29, 1.82) is 0 Å². The van der Waals surface area contributed by atoms with Crippen LogP contribution >= 0.6 is 22.9 Å². The number of hydrogen-bond donors (Lipinski definition) is 1.